The van der Waals surface area contributed by atoms with Crippen molar-refractivity contribution >= 4 is 16.9 Å². The fourth-order valence-electron chi connectivity index (χ4n) is 1.55. The lowest BCUT2D eigenvalue weighted by Crippen LogP contribution is -2.31. The molecule has 1 aromatic heterocycles. The highest BCUT2D eigenvalue weighted by Crippen LogP contribution is 2.08. The van der Waals surface area contributed by atoms with Crippen molar-refractivity contribution in [2.24, 2.45) is 0 Å². The molecule has 0 atom stereocenters. The third kappa shape index (κ3) is 2.18. The van der Waals surface area contributed by atoms with Crippen LogP contribution in [0.1, 0.15) is 0 Å². The van der Waals surface area contributed by atoms with Crippen LogP contribution in [0.25, 0.3) is 11.0 Å². The van der Waals surface area contributed by atoms with Gasteiger partial charge >= 0.3 is 0 Å². The van der Waals surface area contributed by atoms with Gasteiger partial charge in [-0.1, -0.05) is 12.1 Å². The van der Waals surface area contributed by atoms with Crippen molar-refractivity contribution in [3.63, 3.8) is 0 Å². The number of nitrogens with zero attached hydrogens (tertiary/aromatic N) is 3. The molecule has 1 aromatic carbocycles. The van der Waals surface area contributed by atoms with Gasteiger partial charge in [0.05, 0.1) is 17.2 Å². The number of rotatable bonds is 2. The molecule has 0 spiro atoms. The molecule has 5 heteroatoms. The molecule has 17 heavy (non-hydrogen) atoms. The molecule has 5 nitrogen and oxygen atoms in total. The van der Waals surface area contributed by atoms with Gasteiger partial charge in [-0.15, -0.1) is 0 Å². The molecule has 0 radical (unpaired) electrons. The van der Waals surface area contributed by atoms with E-state index in [9.17, 15) is 9.59 Å². The maximum Gasteiger partial charge on any atom is 0.269 e. The Morgan fingerprint density at radius 3 is 2.76 bits per heavy atom. The smallest absolute Gasteiger partial charge is 0.269 e. The van der Waals surface area contributed by atoms with E-state index in [0.717, 1.165) is 0 Å². The number of benzene rings is 1. The number of fused-ring (bicyclic) bond motifs is 1. The molecule has 2 aromatic rings. The van der Waals surface area contributed by atoms with Crippen LogP contribution in [0.2, 0.25) is 0 Å². The quantitative estimate of drug-likeness (QED) is 0.755. The average Bonchev–Trinajstić information content (AvgIpc) is 2.32. The SMILES string of the molecule is CN(C)C(=O)Cn1c(=O)cnc2ccccc21. The highest BCUT2D eigenvalue weighted by Gasteiger charge is 2.09. The van der Waals surface area contributed by atoms with E-state index in [1.807, 2.05) is 18.2 Å². The number of amides is 1. The predicted octanol–water partition coefficient (Wildman–Crippen LogP) is 0.485. The first-order valence-corrected chi connectivity index (χ1v) is 5.24. The predicted molar refractivity (Wildman–Crippen MR) is 64.7 cm³/mol. The Hall–Kier alpha value is -2.17. The number of likely N-dealkylation sites (N-methyl/N-ethyl adjacent to an activating group) is 1. The van der Waals surface area contributed by atoms with Crippen LogP contribution < -0.4 is 5.56 Å². The van der Waals surface area contributed by atoms with Gasteiger partial charge in [-0.2, -0.15) is 0 Å². The maximum absolute atomic E-state index is 11.7. The molecular formula is C12H13N3O2. The normalized spacial score (nSPS) is 10.5. The van der Waals surface area contributed by atoms with Gasteiger partial charge in [0.15, 0.2) is 0 Å². The Labute approximate surface area is 98.3 Å². The van der Waals surface area contributed by atoms with Gasteiger partial charge in [0.2, 0.25) is 5.91 Å². The molecule has 0 N–H and O–H groups in total. The number of hydrogen-bond acceptors (Lipinski definition) is 3. The van der Waals surface area contributed by atoms with Gasteiger partial charge in [-0.3, -0.25) is 14.2 Å². The molecule has 1 heterocycles. The lowest BCUT2D eigenvalue weighted by Gasteiger charge is -2.13. The second-order valence-electron chi connectivity index (χ2n) is 3.96. The van der Waals surface area contributed by atoms with Gasteiger partial charge in [0.25, 0.3) is 5.56 Å². The lowest BCUT2D eigenvalue weighted by atomic mass is 10.3. The zero-order chi connectivity index (χ0) is 12.4. The fourth-order valence-corrected chi connectivity index (χ4v) is 1.55. The van der Waals surface area contributed by atoms with E-state index in [2.05, 4.69) is 4.98 Å². The molecule has 0 fully saturated rings. The molecular weight excluding hydrogens is 218 g/mol. The first kappa shape index (κ1) is 11.3. The van der Waals surface area contributed by atoms with Crippen molar-refractivity contribution in [3.05, 3.63) is 40.8 Å². The fraction of sp³-hybridized carbons (Fsp3) is 0.250. The Morgan fingerprint density at radius 2 is 2.06 bits per heavy atom. The van der Waals surface area contributed by atoms with Crippen molar-refractivity contribution in [2.45, 2.75) is 6.54 Å². The van der Waals surface area contributed by atoms with Gasteiger partial charge in [-0.25, -0.2) is 4.98 Å². The number of para-hydroxylation sites is 2. The minimum absolute atomic E-state index is 0.0366. The third-order valence-electron chi connectivity index (χ3n) is 2.54. The van der Waals surface area contributed by atoms with Crippen LogP contribution in [0.4, 0.5) is 0 Å². The van der Waals surface area contributed by atoms with Gasteiger partial charge in [0, 0.05) is 14.1 Å². The largest absolute Gasteiger partial charge is 0.347 e. The highest BCUT2D eigenvalue weighted by molar-refractivity contribution is 5.79. The highest BCUT2D eigenvalue weighted by atomic mass is 16.2. The standard InChI is InChI=1S/C12H13N3O2/c1-14(2)12(17)8-15-10-6-4-3-5-9(10)13-7-11(15)16/h3-7H,8H2,1-2H3. The van der Waals surface area contributed by atoms with E-state index in [4.69, 9.17) is 0 Å². The van der Waals surface area contributed by atoms with Crippen LogP contribution in [0.5, 0.6) is 0 Å². The molecule has 0 aliphatic heterocycles. The zero-order valence-corrected chi connectivity index (χ0v) is 9.75. The summed E-state index contributed by atoms with van der Waals surface area (Å²) in [4.78, 5) is 28.9. The summed E-state index contributed by atoms with van der Waals surface area (Å²) in [7, 11) is 3.33. The Balaban J connectivity index is 2.55. The van der Waals surface area contributed by atoms with Crippen LogP contribution in [0, 0.1) is 0 Å². The zero-order valence-electron chi connectivity index (χ0n) is 9.75. The molecule has 1 amide bonds. The topological polar surface area (TPSA) is 55.2 Å². The number of hydrogen-bond donors (Lipinski definition) is 0. The van der Waals surface area contributed by atoms with Crippen molar-refractivity contribution in [2.75, 3.05) is 14.1 Å². The van der Waals surface area contributed by atoms with Crippen LogP contribution >= 0.6 is 0 Å². The Bertz CT molecular complexity index is 616. The van der Waals surface area contributed by atoms with Gasteiger partial charge in [0.1, 0.15) is 6.54 Å². The van der Waals surface area contributed by atoms with Crippen LogP contribution in [0.3, 0.4) is 0 Å². The third-order valence-corrected chi connectivity index (χ3v) is 2.54. The summed E-state index contributed by atoms with van der Waals surface area (Å²) >= 11 is 0. The molecule has 0 aliphatic rings. The molecule has 2 rings (SSSR count). The summed E-state index contributed by atoms with van der Waals surface area (Å²) in [6.07, 6.45) is 1.24. The van der Waals surface area contributed by atoms with Crippen molar-refractivity contribution in [1.82, 2.24) is 14.5 Å². The summed E-state index contributed by atoms with van der Waals surface area (Å²) < 4.78 is 1.44. The van der Waals surface area contributed by atoms with Crippen molar-refractivity contribution < 1.29 is 4.79 Å². The molecule has 0 bridgehead atoms. The summed E-state index contributed by atoms with van der Waals surface area (Å²) in [6, 6.07) is 7.26. The second kappa shape index (κ2) is 4.37. The lowest BCUT2D eigenvalue weighted by molar-refractivity contribution is -0.129. The molecule has 0 saturated carbocycles. The van der Waals surface area contributed by atoms with Gasteiger partial charge < -0.3 is 4.90 Å². The minimum Gasteiger partial charge on any atom is -0.347 e. The van der Waals surface area contributed by atoms with E-state index in [-0.39, 0.29) is 18.0 Å². The summed E-state index contributed by atoms with van der Waals surface area (Å²) in [5.74, 6) is -0.122. The number of carbonyl (C=O) groups excluding carboxylic acids is 1. The van der Waals surface area contributed by atoms with Crippen molar-refractivity contribution in [3.8, 4) is 0 Å². The molecule has 0 unspecified atom stereocenters. The Morgan fingerprint density at radius 1 is 1.35 bits per heavy atom. The van der Waals surface area contributed by atoms with Crippen LogP contribution in [-0.4, -0.2) is 34.5 Å². The summed E-state index contributed by atoms with van der Waals surface area (Å²) in [5.41, 5.74) is 1.12. The number of carbonyl (C=O) groups is 1. The first-order chi connectivity index (χ1) is 8.09. The van der Waals surface area contributed by atoms with E-state index in [1.165, 1.54) is 15.7 Å². The summed E-state index contributed by atoms with van der Waals surface area (Å²) in [6.45, 7) is 0.0366. The minimum atomic E-state index is -0.265. The molecule has 0 saturated heterocycles. The molecule has 0 aliphatic carbocycles. The van der Waals surface area contributed by atoms with Crippen LogP contribution in [-0.2, 0) is 11.3 Å². The van der Waals surface area contributed by atoms with E-state index in [1.54, 1.807) is 20.2 Å². The second-order valence-corrected chi connectivity index (χ2v) is 3.96. The molecule has 88 valence electrons. The monoisotopic (exact) mass is 231 g/mol. The number of aromatic nitrogens is 2. The summed E-state index contributed by atoms with van der Waals surface area (Å²) in [5, 5.41) is 0. The van der Waals surface area contributed by atoms with Gasteiger partial charge in [-0.05, 0) is 12.1 Å². The van der Waals surface area contributed by atoms with E-state index >= 15 is 0 Å². The van der Waals surface area contributed by atoms with E-state index < -0.39 is 0 Å². The van der Waals surface area contributed by atoms with Crippen molar-refractivity contribution in [1.29, 1.82) is 0 Å². The van der Waals surface area contributed by atoms with E-state index in [0.29, 0.717) is 11.0 Å². The maximum atomic E-state index is 11.7. The first-order valence-electron chi connectivity index (χ1n) is 5.24. The average molecular weight is 231 g/mol. The Kier molecular flexibility index (Phi) is 2.91. The van der Waals surface area contributed by atoms with Crippen LogP contribution in [0.15, 0.2) is 35.3 Å².